The van der Waals surface area contributed by atoms with Gasteiger partial charge in [0.05, 0.1) is 5.69 Å². The van der Waals surface area contributed by atoms with Crippen molar-refractivity contribution in [2.24, 2.45) is 0 Å². The molecule has 1 heterocycles. The second-order valence-corrected chi connectivity index (χ2v) is 4.62. The first-order chi connectivity index (χ1) is 6.16. The van der Waals surface area contributed by atoms with Gasteiger partial charge in [0.2, 0.25) is 0 Å². The Labute approximate surface area is 97.1 Å². The first kappa shape index (κ1) is 9.26. The van der Waals surface area contributed by atoms with E-state index in [2.05, 4.69) is 43.8 Å². The lowest BCUT2D eigenvalue weighted by Crippen LogP contribution is -2.25. The molecule has 3 nitrogen and oxygen atoms in total. The fourth-order valence-corrected chi connectivity index (χ4v) is 1.86. The van der Waals surface area contributed by atoms with Crippen LogP contribution < -0.4 is 10.1 Å². The first-order valence-electron chi connectivity index (χ1n) is 3.58. The average Bonchev–Trinajstić information content (AvgIpc) is 2.08. The maximum atomic E-state index is 11.0. The summed E-state index contributed by atoms with van der Waals surface area (Å²) in [5.74, 6) is 0.618. The predicted molar refractivity (Wildman–Crippen MR) is 61.0 cm³/mol. The van der Waals surface area contributed by atoms with Crippen LogP contribution in [0.25, 0.3) is 0 Å². The van der Waals surface area contributed by atoms with Crippen molar-refractivity contribution in [2.75, 3.05) is 11.9 Å². The summed E-state index contributed by atoms with van der Waals surface area (Å²) in [6.07, 6.45) is 0. The number of rotatable bonds is 0. The van der Waals surface area contributed by atoms with Crippen molar-refractivity contribution in [2.45, 2.75) is 0 Å². The number of amides is 1. The summed E-state index contributed by atoms with van der Waals surface area (Å²) in [7, 11) is 0. The summed E-state index contributed by atoms with van der Waals surface area (Å²) < 4.78 is 7.25. The third-order valence-corrected chi connectivity index (χ3v) is 3.95. The number of benzene rings is 1. The molecule has 0 bridgehead atoms. The molecule has 0 aliphatic carbocycles. The van der Waals surface area contributed by atoms with E-state index in [0.717, 1.165) is 19.5 Å². The van der Waals surface area contributed by atoms with E-state index >= 15 is 0 Å². The van der Waals surface area contributed by atoms with Gasteiger partial charge in [-0.2, -0.15) is 0 Å². The molecule has 0 aromatic heterocycles. The van der Waals surface area contributed by atoms with Gasteiger partial charge in [0.25, 0.3) is 5.91 Å². The lowest BCUT2D eigenvalue weighted by Gasteiger charge is -2.18. The molecule has 1 aliphatic heterocycles. The summed E-state index contributed by atoms with van der Waals surface area (Å²) in [5, 5.41) is 2.73. The van der Waals surface area contributed by atoms with Crippen LogP contribution in [0.3, 0.4) is 0 Å². The zero-order valence-electron chi connectivity index (χ0n) is 6.43. The fraction of sp³-hybridized carbons (Fsp3) is 0.125. The number of halogens is 2. The predicted octanol–water partition coefficient (Wildman–Crippen LogP) is 2.38. The first-order valence-corrected chi connectivity index (χ1v) is 5.45. The van der Waals surface area contributed by atoms with Crippen molar-refractivity contribution < 1.29 is 9.53 Å². The van der Waals surface area contributed by atoms with Crippen LogP contribution in [-0.2, 0) is 4.79 Å². The van der Waals surface area contributed by atoms with Gasteiger partial charge in [0.15, 0.2) is 6.61 Å². The summed E-state index contributed by atoms with van der Waals surface area (Å²) in [6.45, 7) is 0.102. The molecule has 1 aromatic carbocycles. The smallest absolute Gasteiger partial charge is 0.262 e. The number of hydrogen-bond donors (Lipinski definition) is 1. The number of hydrogen-bond acceptors (Lipinski definition) is 2. The third-order valence-electron chi connectivity index (χ3n) is 1.66. The van der Waals surface area contributed by atoms with Crippen LogP contribution >= 0.6 is 38.5 Å². The Morgan fingerprint density at radius 3 is 3.08 bits per heavy atom. The molecule has 5 heteroatoms. The molecule has 0 saturated heterocycles. The van der Waals surface area contributed by atoms with Crippen LogP contribution in [0, 0.1) is 3.57 Å². The van der Waals surface area contributed by atoms with Crippen molar-refractivity contribution in [1.82, 2.24) is 0 Å². The highest BCUT2D eigenvalue weighted by Gasteiger charge is 2.16. The van der Waals surface area contributed by atoms with Gasteiger partial charge in [0, 0.05) is 8.04 Å². The Kier molecular flexibility index (Phi) is 2.46. The molecule has 0 fully saturated rings. The molecule has 0 radical (unpaired) electrons. The molecule has 0 spiro atoms. The number of anilines is 1. The number of ether oxygens (including phenoxy) is 1. The highest BCUT2D eigenvalue weighted by atomic mass is 127. The summed E-state index contributed by atoms with van der Waals surface area (Å²) in [4.78, 5) is 11.0. The Morgan fingerprint density at radius 2 is 2.31 bits per heavy atom. The molecule has 13 heavy (non-hydrogen) atoms. The van der Waals surface area contributed by atoms with Crippen LogP contribution in [0.4, 0.5) is 5.69 Å². The molecular weight excluding hydrogens is 349 g/mol. The molecule has 1 N–H and O–H groups in total. The molecule has 1 aromatic rings. The second-order valence-electron chi connectivity index (χ2n) is 2.60. The van der Waals surface area contributed by atoms with Crippen molar-refractivity contribution in [3.63, 3.8) is 0 Å². The van der Waals surface area contributed by atoms with E-state index in [9.17, 15) is 4.79 Å². The van der Waals surface area contributed by atoms with Gasteiger partial charge in [-0.3, -0.25) is 4.79 Å². The molecule has 68 valence electrons. The number of fused-ring (bicyclic) bond motifs is 1. The van der Waals surface area contributed by atoms with Gasteiger partial charge >= 0.3 is 0 Å². The number of nitrogens with one attached hydrogen (secondary N) is 1. The van der Waals surface area contributed by atoms with Gasteiger partial charge in [-0.1, -0.05) is 0 Å². The molecule has 1 aliphatic rings. The highest BCUT2D eigenvalue weighted by Crippen LogP contribution is 2.33. The third kappa shape index (κ3) is 1.80. The van der Waals surface area contributed by atoms with Crippen LogP contribution in [0.1, 0.15) is 0 Å². The second kappa shape index (κ2) is 3.45. The minimum Gasteiger partial charge on any atom is -0.482 e. The van der Waals surface area contributed by atoms with Crippen molar-refractivity contribution >= 4 is 50.1 Å². The highest BCUT2D eigenvalue weighted by molar-refractivity contribution is 14.1. The number of carbonyl (C=O) groups excluding carboxylic acids is 1. The monoisotopic (exact) mass is 353 g/mol. The van der Waals surface area contributed by atoms with Crippen LogP contribution in [0.15, 0.2) is 16.6 Å². The van der Waals surface area contributed by atoms with Crippen molar-refractivity contribution in [3.05, 3.63) is 20.2 Å². The fourth-order valence-electron chi connectivity index (χ4n) is 1.08. The van der Waals surface area contributed by atoms with Gasteiger partial charge < -0.3 is 10.1 Å². The standard InChI is InChI=1S/C8H5BrINO2/c9-4-1-6-7(2-5(4)10)13-3-8(12)11-6/h1-2H,3H2,(H,11,12). The van der Waals surface area contributed by atoms with Crippen LogP contribution in [-0.4, -0.2) is 12.5 Å². The summed E-state index contributed by atoms with van der Waals surface area (Å²) in [5.41, 5.74) is 0.726. The number of carbonyl (C=O) groups is 1. The lowest BCUT2D eigenvalue weighted by molar-refractivity contribution is -0.118. The SMILES string of the molecule is O=C1COc2cc(I)c(Br)cc2N1. The summed E-state index contributed by atoms with van der Waals surface area (Å²) >= 11 is 5.58. The molecule has 2 rings (SSSR count). The normalized spacial score (nSPS) is 14.5. The van der Waals surface area contributed by atoms with Gasteiger partial charge in [-0.25, -0.2) is 0 Å². The minimum atomic E-state index is -0.111. The van der Waals surface area contributed by atoms with E-state index in [1.165, 1.54) is 0 Å². The topological polar surface area (TPSA) is 38.3 Å². The van der Waals surface area contributed by atoms with E-state index < -0.39 is 0 Å². The van der Waals surface area contributed by atoms with Gasteiger partial charge in [0.1, 0.15) is 5.75 Å². The Hall–Kier alpha value is -0.300. The van der Waals surface area contributed by atoms with E-state index in [1.54, 1.807) is 0 Å². The summed E-state index contributed by atoms with van der Waals surface area (Å²) in [6, 6.07) is 3.73. The van der Waals surface area contributed by atoms with Crippen LogP contribution in [0.2, 0.25) is 0 Å². The van der Waals surface area contributed by atoms with Crippen LogP contribution in [0.5, 0.6) is 5.75 Å². The van der Waals surface area contributed by atoms with Gasteiger partial charge in [-0.05, 0) is 50.7 Å². The molecule has 0 atom stereocenters. The zero-order chi connectivity index (χ0) is 9.42. The van der Waals surface area contributed by atoms with E-state index in [4.69, 9.17) is 4.74 Å². The molecular formula is C8H5BrINO2. The maximum Gasteiger partial charge on any atom is 0.262 e. The minimum absolute atomic E-state index is 0.102. The Morgan fingerprint density at radius 1 is 1.54 bits per heavy atom. The quantitative estimate of drug-likeness (QED) is 0.727. The lowest BCUT2D eigenvalue weighted by atomic mass is 10.2. The average molecular weight is 354 g/mol. The van der Waals surface area contributed by atoms with E-state index in [1.807, 2.05) is 12.1 Å². The molecule has 0 saturated carbocycles. The Bertz CT molecular complexity index is 381. The largest absolute Gasteiger partial charge is 0.482 e. The maximum absolute atomic E-state index is 11.0. The molecule has 0 unspecified atom stereocenters. The molecule has 1 amide bonds. The van der Waals surface area contributed by atoms with E-state index in [-0.39, 0.29) is 12.5 Å². The Balaban J connectivity index is 2.49. The van der Waals surface area contributed by atoms with Crippen molar-refractivity contribution in [1.29, 1.82) is 0 Å². The van der Waals surface area contributed by atoms with E-state index in [0.29, 0.717) is 0 Å². The van der Waals surface area contributed by atoms with Crippen molar-refractivity contribution in [3.8, 4) is 5.75 Å². The zero-order valence-corrected chi connectivity index (χ0v) is 10.2. The van der Waals surface area contributed by atoms with Gasteiger partial charge in [-0.15, -0.1) is 0 Å².